The monoisotopic (exact) mass is 349 g/mol. The summed E-state index contributed by atoms with van der Waals surface area (Å²) < 4.78 is 0. The van der Waals surface area contributed by atoms with E-state index in [4.69, 9.17) is 0 Å². The van der Waals surface area contributed by atoms with Gasteiger partial charge >= 0.3 is 0 Å². The summed E-state index contributed by atoms with van der Waals surface area (Å²) in [5.41, 5.74) is 0.702. The quantitative estimate of drug-likeness (QED) is 0.820. The van der Waals surface area contributed by atoms with Gasteiger partial charge in [-0.25, -0.2) is 5.01 Å². The highest BCUT2D eigenvalue weighted by molar-refractivity contribution is 7.80. The summed E-state index contributed by atoms with van der Waals surface area (Å²) in [6, 6.07) is 7.17. The number of hydrogen-bond donors (Lipinski definition) is 2. The van der Waals surface area contributed by atoms with Gasteiger partial charge in [-0.2, -0.15) is 0 Å². The number of amides is 2. The maximum Gasteiger partial charge on any atom is 0.248 e. The Morgan fingerprint density at radius 1 is 1.21 bits per heavy atom. The Morgan fingerprint density at radius 3 is 2.25 bits per heavy atom. The van der Waals surface area contributed by atoms with Gasteiger partial charge in [0.1, 0.15) is 6.04 Å². The largest absolute Gasteiger partial charge is 0.324 e. The van der Waals surface area contributed by atoms with E-state index in [2.05, 4.69) is 36.8 Å². The van der Waals surface area contributed by atoms with E-state index in [0.717, 1.165) is 24.2 Å². The summed E-state index contributed by atoms with van der Waals surface area (Å²) in [5.74, 6) is -0.300. The molecule has 24 heavy (non-hydrogen) atoms. The third-order valence-corrected chi connectivity index (χ3v) is 4.90. The van der Waals surface area contributed by atoms with Crippen molar-refractivity contribution in [3.63, 3.8) is 0 Å². The Labute approximate surface area is 149 Å². The van der Waals surface area contributed by atoms with Crippen molar-refractivity contribution in [1.29, 1.82) is 0 Å². The molecule has 0 aromatic heterocycles. The molecular formula is C18H27N3O2S. The lowest BCUT2D eigenvalue weighted by Gasteiger charge is -2.47. The summed E-state index contributed by atoms with van der Waals surface area (Å²) in [6.45, 7) is 7.52. The van der Waals surface area contributed by atoms with Crippen molar-refractivity contribution in [3.05, 3.63) is 24.3 Å². The van der Waals surface area contributed by atoms with Crippen LogP contribution in [0.2, 0.25) is 0 Å². The minimum atomic E-state index is -0.568. The lowest BCUT2D eigenvalue weighted by Crippen LogP contribution is -2.61. The van der Waals surface area contributed by atoms with E-state index in [1.807, 2.05) is 12.1 Å². The predicted octanol–water partition coefficient (Wildman–Crippen LogP) is 3.33. The topological polar surface area (TPSA) is 52.7 Å². The Kier molecular flexibility index (Phi) is 6.29. The highest BCUT2D eigenvalue weighted by Gasteiger charge is 2.36. The number of benzene rings is 1. The van der Waals surface area contributed by atoms with Crippen LogP contribution in [-0.2, 0) is 9.59 Å². The number of rotatable bonds is 4. The van der Waals surface area contributed by atoms with Crippen molar-refractivity contribution >= 4 is 30.1 Å². The van der Waals surface area contributed by atoms with Gasteiger partial charge in [0.25, 0.3) is 0 Å². The van der Waals surface area contributed by atoms with Gasteiger partial charge in [-0.05, 0) is 57.9 Å². The van der Waals surface area contributed by atoms with E-state index in [-0.39, 0.29) is 23.9 Å². The molecule has 1 heterocycles. The van der Waals surface area contributed by atoms with Crippen molar-refractivity contribution in [2.45, 2.75) is 70.0 Å². The second kappa shape index (κ2) is 8.03. The van der Waals surface area contributed by atoms with Crippen molar-refractivity contribution in [3.8, 4) is 0 Å². The molecule has 0 spiro atoms. The molecule has 1 aromatic carbocycles. The molecule has 1 N–H and O–H groups in total. The third kappa shape index (κ3) is 4.30. The van der Waals surface area contributed by atoms with E-state index in [1.54, 1.807) is 24.1 Å². The van der Waals surface area contributed by atoms with Crippen LogP contribution < -0.4 is 5.32 Å². The van der Waals surface area contributed by atoms with Gasteiger partial charge in [0.05, 0.1) is 0 Å². The molecule has 0 radical (unpaired) electrons. The molecule has 3 unspecified atom stereocenters. The van der Waals surface area contributed by atoms with Crippen LogP contribution in [0.3, 0.4) is 0 Å². The number of hydrazine groups is 1. The molecule has 132 valence electrons. The Morgan fingerprint density at radius 2 is 1.75 bits per heavy atom. The number of carbonyl (C=O) groups excluding carboxylic acids is 2. The van der Waals surface area contributed by atoms with Crippen LogP contribution >= 0.6 is 12.6 Å². The van der Waals surface area contributed by atoms with E-state index in [0.29, 0.717) is 5.69 Å². The molecule has 0 bridgehead atoms. The number of thiol groups is 1. The van der Waals surface area contributed by atoms with Gasteiger partial charge in [-0.3, -0.25) is 14.6 Å². The van der Waals surface area contributed by atoms with Crippen molar-refractivity contribution in [2.24, 2.45) is 0 Å². The molecule has 6 heteroatoms. The first-order valence-corrected chi connectivity index (χ1v) is 8.94. The molecule has 2 rings (SSSR count). The van der Waals surface area contributed by atoms with Gasteiger partial charge in [0, 0.05) is 29.6 Å². The third-order valence-electron chi connectivity index (χ3n) is 4.60. The predicted molar refractivity (Wildman–Crippen MR) is 98.9 cm³/mol. The molecule has 1 saturated heterocycles. The summed E-state index contributed by atoms with van der Waals surface area (Å²) in [7, 11) is 0. The average molecular weight is 350 g/mol. The maximum atomic E-state index is 12.6. The van der Waals surface area contributed by atoms with Crippen molar-refractivity contribution in [1.82, 2.24) is 10.0 Å². The van der Waals surface area contributed by atoms with Gasteiger partial charge in [0.2, 0.25) is 11.8 Å². The number of nitrogens with one attached hydrogen (secondary N) is 1. The minimum Gasteiger partial charge on any atom is -0.324 e. The molecule has 5 nitrogen and oxygen atoms in total. The van der Waals surface area contributed by atoms with Gasteiger partial charge in [-0.1, -0.05) is 6.42 Å². The smallest absolute Gasteiger partial charge is 0.248 e. The fourth-order valence-corrected chi connectivity index (χ4v) is 3.52. The minimum absolute atomic E-state index is 0.107. The first-order chi connectivity index (χ1) is 11.3. The van der Waals surface area contributed by atoms with Crippen molar-refractivity contribution < 1.29 is 9.59 Å². The van der Waals surface area contributed by atoms with E-state index >= 15 is 0 Å². The maximum absolute atomic E-state index is 12.6. The summed E-state index contributed by atoms with van der Waals surface area (Å²) >= 11 is 4.24. The molecule has 1 aliphatic heterocycles. The fourth-order valence-electron chi connectivity index (χ4n) is 3.37. The summed E-state index contributed by atoms with van der Waals surface area (Å²) in [6.07, 6.45) is 3.22. The van der Waals surface area contributed by atoms with Gasteiger partial charge in [0.15, 0.2) is 0 Å². The molecule has 2 amide bonds. The zero-order chi connectivity index (χ0) is 17.9. The number of carbonyl (C=O) groups is 2. The zero-order valence-electron chi connectivity index (χ0n) is 14.8. The molecule has 1 aliphatic rings. The second-order valence-corrected chi connectivity index (χ2v) is 7.10. The Bertz CT molecular complexity index is 580. The first-order valence-electron chi connectivity index (χ1n) is 8.49. The Hall–Kier alpha value is -1.53. The summed E-state index contributed by atoms with van der Waals surface area (Å²) in [5, 5.41) is 6.58. The molecular weight excluding hydrogens is 322 g/mol. The number of piperidine rings is 1. The highest BCUT2D eigenvalue weighted by atomic mass is 32.1. The lowest BCUT2D eigenvalue weighted by molar-refractivity contribution is -0.171. The fraction of sp³-hybridized carbons (Fsp3) is 0.556. The van der Waals surface area contributed by atoms with Crippen LogP contribution in [0.1, 0.15) is 47.0 Å². The average Bonchev–Trinajstić information content (AvgIpc) is 2.52. The normalized spacial score (nSPS) is 22.7. The van der Waals surface area contributed by atoms with E-state index in [9.17, 15) is 9.59 Å². The molecule has 0 aliphatic carbocycles. The Balaban J connectivity index is 2.15. The summed E-state index contributed by atoms with van der Waals surface area (Å²) in [4.78, 5) is 25.8. The van der Waals surface area contributed by atoms with Gasteiger partial charge < -0.3 is 5.32 Å². The van der Waals surface area contributed by atoms with E-state index in [1.165, 1.54) is 6.92 Å². The zero-order valence-corrected chi connectivity index (χ0v) is 15.7. The van der Waals surface area contributed by atoms with Gasteiger partial charge in [-0.15, -0.1) is 12.6 Å². The van der Waals surface area contributed by atoms with Crippen LogP contribution in [0.15, 0.2) is 29.2 Å². The standard InChI is InChI=1S/C18H27N3O2S/c1-12-6-5-7-13(2)20(12)21(15(4)22)14(3)18(23)19-16-8-10-17(24)11-9-16/h8-14,24H,5-7H2,1-4H3,(H,19,23). The number of hydrogen-bond acceptors (Lipinski definition) is 4. The first kappa shape index (κ1) is 18.8. The number of anilines is 1. The molecule has 0 saturated carbocycles. The van der Waals surface area contributed by atoms with Crippen LogP contribution in [0.5, 0.6) is 0 Å². The van der Waals surface area contributed by atoms with E-state index < -0.39 is 6.04 Å². The molecule has 1 aromatic rings. The molecule has 1 fully saturated rings. The SMILES string of the molecule is CC(=O)N(C(C)C(=O)Nc1ccc(S)cc1)N1C(C)CCCC1C. The highest BCUT2D eigenvalue weighted by Crippen LogP contribution is 2.26. The van der Waals surface area contributed by atoms with Crippen LogP contribution in [0.25, 0.3) is 0 Å². The van der Waals surface area contributed by atoms with Crippen LogP contribution in [0.4, 0.5) is 5.69 Å². The van der Waals surface area contributed by atoms with Crippen molar-refractivity contribution in [2.75, 3.05) is 5.32 Å². The van der Waals surface area contributed by atoms with Crippen LogP contribution in [-0.4, -0.2) is 40.0 Å². The number of nitrogens with zero attached hydrogens (tertiary/aromatic N) is 2. The lowest BCUT2D eigenvalue weighted by atomic mass is 9.99. The second-order valence-electron chi connectivity index (χ2n) is 6.58. The molecule has 3 atom stereocenters. The van der Waals surface area contributed by atoms with Crippen LogP contribution in [0, 0.1) is 0 Å².